The van der Waals surface area contributed by atoms with E-state index in [4.69, 9.17) is 4.74 Å². The Morgan fingerprint density at radius 1 is 1.47 bits per heavy atom. The molecule has 17 heavy (non-hydrogen) atoms. The molecule has 2 aromatic rings. The molecule has 2 rings (SSSR count). The lowest BCUT2D eigenvalue weighted by Crippen LogP contribution is -2.15. The van der Waals surface area contributed by atoms with Crippen LogP contribution in [-0.2, 0) is 4.74 Å². The van der Waals surface area contributed by atoms with Crippen molar-refractivity contribution in [3.05, 3.63) is 44.8 Å². The van der Waals surface area contributed by atoms with Gasteiger partial charge in [-0.1, -0.05) is 12.1 Å². The molecule has 0 radical (unpaired) electrons. The maximum Gasteiger partial charge on any atom is 0.354 e. The van der Waals surface area contributed by atoms with Crippen molar-refractivity contribution in [2.24, 2.45) is 0 Å². The van der Waals surface area contributed by atoms with E-state index in [1.54, 1.807) is 31.2 Å². The summed E-state index contributed by atoms with van der Waals surface area (Å²) in [6.45, 7) is 1.99. The number of halogens is 1. The number of hydrogen-bond acceptors (Lipinski definition) is 3. The van der Waals surface area contributed by atoms with Crippen molar-refractivity contribution in [2.75, 3.05) is 6.61 Å². The molecule has 0 amide bonds. The predicted molar refractivity (Wildman–Crippen MR) is 68.2 cm³/mol. The summed E-state index contributed by atoms with van der Waals surface area (Å²) in [5.74, 6) is -0.522. The quantitative estimate of drug-likeness (QED) is 0.866. The van der Waals surface area contributed by atoms with Crippen LogP contribution < -0.4 is 5.56 Å². The predicted octanol–water partition coefficient (Wildman–Crippen LogP) is 2.47. The minimum atomic E-state index is -0.522. The van der Waals surface area contributed by atoms with Crippen molar-refractivity contribution in [3.8, 4) is 0 Å². The molecule has 0 atom stereocenters. The van der Waals surface area contributed by atoms with Gasteiger partial charge in [-0.05, 0) is 40.4 Å². The van der Waals surface area contributed by atoms with Gasteiger partial charge in [0.15, 0.2) is 0 Å². The summed E-state index contributed by atoms with van der Waals surface area (Å²) in [4.78, 5) is 25.9. The highest BCUT2D eigenvalue weighted by Crippen LogP contribution is 2.20. The number of esters is 1. The lowest BCUT2D eigenvalue weighted by Gasteiger charge is -2.04. The van der Waals surface area contributed by atoms with Crippen LogP contribution in [0.4, 0.5) is 0 Å². The van der Waals surface area contributed by atoms with Crippen LogP contribution in [0.2, 0.25) is 0 Å². The number of pyridine rings is 1. The van der Waals surface area contributed by atoms with Crippen molar-refractivity contribution in [2.45, 2.75) is 6.92 Å². The average Bonchev–Trinajstić information content (AvgIpc) is 2.29. The molecule has 0 bridgehead atoms. The Morgan fingerprint density at radius 2 is 2.24 bits per heavy atom. The van der Waals surface area contributed by atoms with Crippen molar-refractivity contribution in [1.29, 1.82) is 0 Å². The largest absolute Gasteiger partial charge is 0.461 e. The number of fused-ring (bicyclic) bond motifs is 1. The third-order valence-corrected chi connectivity index (χ3v) is 2.98. The monoisotopic (exact) mass is 295 g/mol. The summed E-state index contributed by atoms with van der Waals surface area (Å²) >= 11 is 3.30. The number of H-pyrrole nitrogens is 1. The Hall–Kier alpha value is -1.62. The first-order valence-electron chi connectivity index (χ1n) is 5.12. The highest BCUT2D eigenvalue weighted by Gasteiger charge is 2.11. The molecule has 4 nitrogen and oxygen atoms in total. The SMILES string of the molecule is CCOC(=O)c1cc2cccc(Br)c2c(=O)[nH]1. The number of carbonyl (C=O) groups excluding carboxylic acids is 1. The van der Waals surface area contributed by atoms with Crippen LogP contribution in [0.5, 0.6) is 0 Å². The third kappa shape index (κ3) is 2.24. The second-order valence-electron chi connectivity index (χ2n) is 3.44. The van der Waals surface area contributed by atoms with Gasteiger partial charge in [-0.3, -0.25) is 4.79 Å². The van der Waals surface area contributed by atoms with Gasteiger partial charge < -0.3 is 9.72 Å². The highest BCUT2D eigenvalue weighted by molar-refractivity contribution is 9.10. The van der Waals surface area contributed by atoms with Crippen LogP contribution in [0.25, 0.3) is 10.8 Å². The molecule has 1 aromatic heterocycles. The van der Waals surface area contributed by atoms with Gasteiger partial charge in [0.25, 0.3) is 5.56 Å². The molecule has 1 heterocycles. The number of rotatable bonds is 2. The molecule has 0 aliphatic heterocycles. The van der Waals surface area contributed by atoms with Gasteiger partial charge >= 0.3 is 5.97 Å². The Bertz CT molecular complexity index is 633. The molecule has 1 N–H and O–H groups in total. The number of aromatic amines is 1. The summed E-state index contributed by atoms with van der Waals surface area (Å²) in [6, 6.07) is 6.97. The lowest BCUT2D eigenvalue weighted by atomic mass is 10.1. The molecule has 0 aliphatic carbocycles. The maximum atomic E-state index is 11.8. The van der Waals surface area contributed by atoms with E-state index in [1.165, 1.54) is 0 Å². The van der Waals surface area contributed by atoms with E-state index in [9.17, 15) is 9.59 Å². The fourth-order valence-corrected chi connectivity index (χ4v) is 2.16. The van der Waals surface area contributed by atoms with Crippen LogP contribution in [0, 0.1) is 0 Å². The zero-order valence-electron chi connectivity index (χ0n) is 9.12. The van der Waals surface area contributed by atoms with Gasteiger partial charge in [0.2, 0.25) is 0 Å². The summed E-state index contributed by atoms with van der Waals surface area (Å²) in [5, 5.41) is 1.23. The number of hydrogen-bond donors (Lipinski definition) is 1. The second kappa shape index (κ2) is 4.71. The molecule has 0 spiro atoms. The zero-order valence-corrected chi connectivity index (χ0v) is 10.7. The first-order valence-corrected chi connectivity index (χ1v) is 5.91. The lowest BCUT2D eigenvalue weighted by molar-refractivity contribution is 0.0519. The summed E-state index contributed by atoms with van der Waals surface area (Å²) in [5.41, 5.74) is -0.138. The first-order chi connectivity index (χ1) is 8.13. The summed E-state index contributed by atoms with van der Waals surface area (Å²) in [6.07, 6.45) is 0. The number of ether oxygens (including phenoxy) is 1. The fourth-order valence-electron chi connectivity index (χ4n) is 1.60. The molecule has 5 heteroatoms. The molecule has 0 saturated heterocycles. The second-order valence-corrected chi connectivity index (χ2v) is 4.29. The van der Waals surface area contributed by atoms with E-state index >= 15 is 0 Å². The van der Waals surface area contributed by atoms with E-state index in [2.05, 4.69) is 20.9 Å². The number of aromatic nitrogens is 1. The Kier molecular flexibility index (Phi) is 3.28. The zero-order chi connectivity index (χ0) is 12.4. The topological polar surface area (TPSA) is 59.2 Å². The minimum Gasteiger partial charge on any atom is -0.461 e. The highest BCUT2D eigenvalue weighted by atomic mass is 79.9. The standard InChI is InChI=1S/C12H10BrNO3/c1-2-17-12(16)9-6-7-4-3-5-8(13)10(7)11(15)14-9/h3-6H,2H2,1H3,(H,14,15). The van der Waals surface area contributed by atoms with Crippen molar-refractivity contribution in [3.63, 3.8) is 0 Å². The van der Waals surface area contributed by atoms with Gasteiger partial charge in [0, 0.05) is 4.47 Å². The number of carbonyl (C=O) groups is 1. The van der Waals surface area contributed by atoms with Crippen LogP contribution in [0.15, 0.2) is 33.5 Å². The summed E-state index contributed by atoms with van der Waals surface area (Å²) < 4.78 is 5.54. The first kappa shape index (κ1) is 11.9. The molecular weight excluding hydrogens is 286 g/mol. The molecule has 0 saturated carbocycles. The Morgan fingerprint density at radius 3 is 2.94 bits per heavy atom. The molecular formula is C12H10BrNO3. The van der Waals surface area contributed by atoms with E-state index in [-0.39, 0.29) is 17.9 Å². The van der Waals surface area contributed by atoms with Crippen LogP contribution in [0.3, 0.4) is 0 Å². The fraction of sp³-hybridized carbons (Fsp3) is 0.167. The molecule has 88 valence electrons. The normalized spacial score (nSPS) is 10.5. The van der Waals surface area contributed by atoms with Crippen molar-refractivity contribution < 1.29 is 9.53 Å². The van der Waals surface area contributed by atoms with Gasteiger partial charge in [0.1, 0.15) is 5.69 Å². The maximum absolute atomic E-state index is 11.8. The smallest absolute Gasteiger partial charge is 0.354 e. The van der Waals surface area contributed by atoms with Gasteiger partial charge in [-0.15, -0.1) is 0 Å². The van der Waals surface area contributed by atoms with Crippen LogP contribution >= 0.6 is 15.9 Å². The van der Waals surface area contributed by atoms with Crippen LogP contribution in [0.1, 0.15) is 17.4 Å². The van der Waals surface area contributed by atoms with Gasteiger partial charge in [-0.2, -0.15) is 0 Å². The van der Waals surface area contributed by atoms with E-state index in [0.717, 1.165) is 0 Å². The average molecular weight is 296 g/mol. The van der Waals surface area contributed by atoms with Crippen LogP contribution in [-0.4, -0.2) is 17.6 Å². The van der Waals surface area contributed by atoms with E-state index in [0.29, 0.717) is 15.2 Å². The van der Waals surface area contributed by atoms with Gasteiger partial charge in [-0.25, -0.2) is 4.79 Å². The van der Waals surface area contributed by atoms with Gasteiger partial charge in [0.05, 0.1) is 12.0 Å². The third-order valence-electron chi connectivity index (χ3n) is 2.32. The van der Waals surface area contributed by atoms with E-state index in [1.807, 2.05) is 0 Å². The molecule has 0 unspecified atom stereocenters. The minimum absolute atomic E-state index is 0.169. The number of nitrogens with one attached hydrogen (secondary N) is 1. The summed E-state index contributed by atoms with van der Waals surface area (Å²) in [7, 11) is 0. The Balaban J connectivity index is 2.65. The number of benzene rings is 1. The van der Waals surface area contributed by atoms with Crippen molar-refractivity contribution in [1.82, 2.24) is 4.98 Å². The molecule has 0 fully saturated rings. The van der Waals surface area contributed by atoms with Crippen molar-refractivity contribution >= 4 is 32.7 Å². The molecule has 0 aliphatic rings. The molecule has 1 aromatic carbocycles. The van der Waals surface area contributed by atoms with E-state index < -0.39 is 5.97 Å². The Labute approximate surface area is 106 Å².